The Kier molecular flexibility index (Phi) is 3.75. The van der Waals surface area contributed by atoms with Gasteiger partial charge in [0.2, 0.25) is 0 Å². The molecule has 0 saturated heterocycles. The van der Waals surface area contributed by atoms with Crippen LogP contribution in [0.4, 0.5) is 10.2 Å². The van der Waals surface area contributed by atoms with Crippen molar-refractivity contribution in [1.82, 2.24) is 9.97 Å². The lowest BCUT2D eigenvalue weighted by molar-refractivity contribution is 0.628. The van der Waals surface area contributed by atoms with Gasteiger partial charge in [-0.3, -0.25) is 0 Å². The molecule has 2 heterocycles. The number of halogens is 1. The number of rotatable bonds is 4. The van der Waals surface area contributed by atoms with Gasteiger partial charge in [0.15, 0.2) is 0 Å². The molecule has 2 aromatic heterocycles. The highest BCUT2D eigenvalue weighted by Crippen LogP contribution is 2.36. The highest BCUT2D eigenvalue weighted by molar-refractivity contribution is 7.17. The minimum atomic E-state index is -0.262. The van der Waals surface area contributed by atoms with Gasteiger partial charge in [0.05, 0.1) is 17.9 Å². The van der Waals surface area contributed by atoms with Gasteiger partial charge in [-0.15, -0.1) is 11.3 Å². The van der Waals surface area contributed by atoms with Crippen molar-refractivity contribution in [3.05, 3.63) is 41.8 Å². The van der Waals surface area contributed by atoms with Crippen LogP contribution in [0.5, 0.6) is 0 Å². The van der Waals surface area contributed by atoms with Crippen LogP contribution in [0, 0.1) is 17.1 Å². The first-order valence-corrected chi connectivity index (χ1v) is 7.26. The molecule has 0 saturated carbocycles. The molecule has 0 unspecified atom stereocenters. The molecule has 0 radical (unpaired) electrons. The molecule has 1 aromatic carbocycles. The lowest BCUT2D eigenvalue weighted by Gasteiger charge is -2.06. The standard InChI is InChI=1S/C15H11FN4S/c16-11-4-2-10(3-5-11)12-8-21-15-13(12)14(19-9-20-15)18-7-1-6-17/h2-5,8-9H,1,7H2,(H,18,19,20). The summed E-state index contributed by atoms with van der Waals surface area (Å²) in [5.41, 5.74) is 1.89. The average molecular weight is 298 g/mol. The van der Waals surface area contributed by atoms with Crippen molar-refractivity contribution < 1.29 is 4.39 Å². The lowest BCUT2D eigenvalue weighted by atomic mass is 10.1. The molecule has 21 heavy (non-hydrogen) atoms. The number of hydrogen-bond donors (Lipinski definition) is 1. The second-order valence-corrected chi connectivity index (χ2v) is 5.25. The molecule has 0 aliphatic rings. The normalized spacial score (nSPS) is 10.5. The fraction of sp³-hybridized carbons (Fsp3) is 0.133. The van der Waals surface area contributed by atoms with Crippen molar-refractivity contribution >= 4 is 27.4 Å². The average Bonchev–Trinajstić information content (AvgIpc) is 2.93. The topological polar surface area (TPSA) is 61.6 Å². The molecular formula is C15H11FN4S. The number of anilines is 1. The summed E-state index contributed by atoms with van der Waals surface area (Å²) in [6, 6.07) is 8.44. The molecule has 0 atom stereocenters. The van der Waals surface area contributed by atoms with Crippen molar-refractivity contribution in [3.8, 4) is 17.2 Å². The zero-order valence-corrected chi connectivity index (χ0v) is 11.8. The SMILES string of the molecule is N#CCCNc1ncnc2scc(-c3ccc(F)cc3)c12. The smallest absolute Gasteiger partial charge is 0.138 e. The summed E-state index contributed by atoms with van der Waals surface area (Å²) in [4.78, 5) is 9.38. The Bertz CT molecular complexity index is 805. The number of benzene rings is 1. The molecule has 0 fully saturated rings. The van der Waals surface area contributed by atoms with Gasteiger partial charge in [0.25, 0.3) is 0 Å². The first-order valence-electron chi connectivity index (χ1n) is 6.38. The van der Waals surface area contributed by atoms with E-state index in [1.165, 1.54) is 29.8 Å². The summed E-state index contributed by atoms with van der Waals surface area (Å²) in [5.74, 6) is 0.442. The van der Waals surface area contributed by atoms with E-state index in [2.05, 4.69) is 21.4 Å². The molecule has 0 amide bonds. The van der Waals surface area contributed by atoms with E-state index in [4.69, 9.17) is 5.26 Å². The Morgan fingerprint density at radius 1 is 1.24 bits per heavy atom. The minimum absolute atomic E-state index is 0.262. The number of nitriles is 1. The maximum absolute atomic E-state index is 13.1. The van der Waals surface area contributed by atoms with E-state index in [1.54, 1.807) is 12.1 Å². The monoisotopic (exact) mass is 298 g/mol. The third-order valence-corrected chi connectivity index (χ3v) is 3.94. The first-order chi connectivity index (χ1) is 10.3. The zero-order chi connectivity index (χ0) is 14.7. The van der Waals surface area contributed by atoms with Gasteiger partial charge >= 0.3 is 0 Å². The van der Waals surface area contributed by atoms with E-state index in [0.29, 0.717) is 18.8 Å². The van der Waals surface area contributed by atoms with Gasteiger partial charge in [-0.05, 0) is 17.7 Å². The number of nitrogens with one attached hydrogen (secondary N) is 1. The Labute approximate surface area is 124 Å². The summed E-state index contributed by atoms with van der Waals surface area (Å²) in [6.07, 6.45) is 1.91. The minimum Gasteiger partial charge on any atom is -0.368 e. The fourth-order valence-corrected chi connectivity index (χ4v) is 3.00. The number of nitrogens with zero attached hydrogens (tertiary/aromatic N) is 3. The number of thiophene rings is 1. The first kappa shape index (κ1) is 13.5. The fourth-order valence-electron chi connectivity index (χ4n) is 2.09. The molecule has 1 N–H and O–H groups in total. The van der Waals surface area contributed by atoms with E-state index in [9.17, 15) is 4.39 Å². The van der Waals surface area contributed by atoms with Gasteiger partial charge in [0, 0.05) is 17.5 Å². The molecule has 3 aromatic rings. The summed E-state index contributed by atoms with van der Waals surface area (Å²) >= 11 is 1.52. The number of hydrogen-bond acceptors (Lipinski definition) is 5. The molecule has 6 heteroatoms. The highest BCUT2D eigenvalue weighted by atomic mass is 32.1. The number of fused-ring (bicyclic) bond motifs is 1. The highest BCUT2D eigenvalue weighted by Gasteiger charge is 2.12. The third-order valence-electron chi connectivity index (χ3n) is 3.05. The molecule has 104 valence electrons. The quantitative estimate of drug-likeness (QED) is 0.744. The molecule has 0 aliphatic heterocycles. The Hall–Kier alpha value is -2.52. The summed E-state index contributed by atoms with van der Waals surface area (Å²) in [7, 11) is 0. The summed E-state index contributed by atoms with van der Waals surface area (Å²) < 4.78 is 13.1. The van der Waals surface area contributed by atoms with Crippen molar-refractivity contribution in [2.75, 3.05) is 11.9 Å². The van der Waals surface area contributed by atoms with E-state index >= 15 is 0 Å². The van der Waals surface area contributed by atoms with Crippen molar-refractivity contribution in [1.29, 1.82) is 5.26 Å². The van der Waals surface area contributed by atoms with Crippen LogP contribution < -0.4 is 5.32 Å². The Morgan fingerprint density at radius 2 is 2.05 bits per heavy atom. The van der Waals surface area contributed by atoms with Crippen LogP contribution in [0.15, 0.2) is 36.0 Å². The molecule has 4 nitrogen and oxygen atoms in total. The molecule has 0 spiro atoms. The van der Waals surface area contributed by atoms with Gasteiger partial charge in [-0.2, -0.15) is 5.26 Å². The predicted molar refractivity (Wildman–Crippen MR) is 81.5 cm³/mol. The second-order valence-electron chi connectivity index (χ2n) is 4.39. The van der Waals surface area contributed by atoms with Crippen molar-refractivity contribution in [2.45, 2.75) is 6.42 Å². The predicted octanol–water partition coefficient (Wildman–Crippen LogP) is 3.82. The summed E-state index contributed by atoms with van der Waals surface area (Å²) in [5, 5.41) is 14.7. The van der Waals surface area contributed by atoms with Crippen molar-refractivity contribution in [2.24, 2.45) is 0 Å². The van der Waals surface area contributed by atoms with E-state index in [1.807, 2.05) is 5.38 Å². The largest absolute Gasteiger partial charge is 0.368 e. The van der Waals surface area contributed by atoms with E-state index in [-0.39, 0.29) is 5.82 Å². The Morgan fingerprint density at radius 3 is 2.81 bits per heavy atom. The van der Waals surface area contributed by atoms with Gasteiger partial charge < -0.3 is 5.32 Å². The van der Waals surface area contributed by atoms with Crippen LogP contribution in [0.1, 0.15) is 6.42 Å². The van der Waals surface area contributed by atoms with Crippen LogP contribution in [0.25, 0.3) is 21.3 Å². The van der Waals surface area contributed by atoms with Gasteiger partial charge in [-0.25, -0.2) is 14.4 Å². The van der Waals surface area contributed by atoms with Crippen molar-refractivity contribution in [3.63, 3.8) is 0 Å². The van der Waals surface area contributed by atoms with Crippen LogP contribution in [0.3, 0.4) is 0 Å². The second kappa shape index (κ2) is 5.85. The number of aromatic nitrogens is 2. The zero-order valence-electron chi connectivity index (χ0n) is 11.0. The molecular weight excluding hydrogens is 287 g/mol. The van der Waals surface area contributed by atoms with E-state index < -0.39 is 0 Å². The van der Waals surface area contributed by atoms with Gasteiger partial charge in [-0.1, -0.05) is 12.1 Å². The Balaban J connectivity index is 2.07. The van der Waals surface area contributed by atoms with Crippen LogP contribution in [0.2, 0.25) is 0 Å². The maximum atomic E-state index is 13.1. The third kappa shape index (κ3) is 2.69. The lowest BCUT2D eigenvalue weighted by Crippen LogP contribution is -2.03. The molecule has 0 bridgehead atoms. The summed E-state index contributed by atoms with van der Waals surface area (Å²) in [6.45, 7) is 0.529. The maximum Gasteiger partial charge on any atom is 0.138 e. The molecule has 0 aliphatic carbocycles. The molecule has 3 rings (SSSR count). The van der Waals surface area contributed by atoms with Crippen LogP contribution in [-0.2, 0) is 0 Å². The van der Waals surface area contributed by atoms with E-state index in [0.717, 1.165) is 21.3 Å². The van der Waals surface area contributed by atoms with Crippen LogP contribution in [-0.4, -0.2) is 16.5 Å². The van der Waals surface area contributed by atoms with Gasteiger partial charge in [0.1, 0.15) is 22.8 Å². The van der Waals surface area contributed by atoms with Crippen LogP contribution >= 0.6 is 11.3 Å².